The van der Waals surface area contributed by atoms with Crippen molar-refractivity contribution < 1.29 is 4.52 Å². The van der Waals surface area contributed by atoms with E-state index in [1.165, 1.54) is 6.26 Å². The average Bonchev–Trinajstić information content (AvgIpc) is 2.53. The Bertz CT molecular complexity index is 455. The van der Waals surface area contributed by atoms with Crippen LogP contribution in [0.15, 0.2) is 39.8 Å². The van der Waals surface area contributed by atoms with E-state index < -0.39 is 0 Å². The van der Waals surface area contributed by atoms with Gasteiger partial charge in [0.2, 0.25) is 0 Å². The van der Waals surface area contributed by atoms with E-state index in [2.05, 4.69) is 9.68 Å². The minimum Gasteiger partial charge on any atom is -0.386 e. The van der Waals surface area contributed by atoms with Crippen molar-refractivity contribution in [1.82, 2.24) is 5.16 Å². The first-order valence-electron chi connectivity index (χ1n) is 3.69. The molecule has 0 spiro atoms. The van der Waals surface area contributed by atoms with Crippen molar-refractivity contribution in [1.29, 1.82) is 0 Å². The van der Waals surface area contributed by atoms with E-state index in [1.54, 1.807) is 24.3 Å². The zero-order valence-corrected chi connectivity index (χ0v) is 7.34. The van der Waals surface area contributed by atoms with Crippen molar-refractivity contribution in [2.45, 2.75) is 0 Å². The van der Waals surface area contributed by atoms with Gasteiger partial charge in [-0.3, -0.25) is 4.79 Å². The fourth-order valence-electron chi connectivity index (χ4n) is 1.08. The van der Waals surface area contributed by atoms with Crippen molar-refractivity contribution in [2.24, 2.45) is 0 Å². The van der Waals surface area contributed by atoms with Gasteiger partial charge in [-0.05, 0) is 17.7 Å². The molecular weight excluding hydrogens is 190 g/mol. The van der Waals surface area contributed by atoms with Crippen LogP contribution >= 0.6 is 11.6 Å². The fourth-order valence-corrected chi connectivity index (χ4v) is 1.20. The summed E-state index contributed by atoms with van der Waals surface area (Å²) < 4.78 is 4.66. The average molecular weight is 196 g/mol. The molecule has 1 N–H and O–H groups in total. The quantitative estimate of drug-likeness (QED) is 0.759. The van der Waals surface area contributed by atoms with Gasteiger partial charge in [-0.15, -0.1) is 0 Å². The lowest BCUT2D eigenvalue weighted by Crippen LogP contribution is -2.00. The highest BCUT2D eigenvalue weighted by Crippen LogP contribution is 2.17. The topological polar surface area (TPSA) is 46.0 Å². The van der Waals surface area contributed by atoms with E-state index in [9.17, 15) is 4.79 Å². The van der Waals surface area contributed by atoms with Crippen LogP contribution in [0.4, 0.5) is 0 Å². The van der Waals surface area contributed by atoms with Gasteiger partial charge in [-0.25, -0.2) is 0 Å². The third-order valence-corrected chi connectivity index (χ3v) is 1.98. The molecule has 1 heterocycles. The Morgan fingerprint density at radius 3 is 2.46 bits per heavy atom. The number of nitrogens with one attached hydrogen (secondary N) is 1. The number of halogens is 1. The molecule has 0 atom stereocenters. The van der Waals surface area contributed by atoms with E-state index in [-0.39, 0.29) is 5.56 Å². The van der Waals surface area contributed by atoms with Crippen molar-refractivity contribution in [3.63, 3.8) is 0 Å². The highest BCUT2D eigenvalue weighted by molar-refractivity contribution is 6.30. The van der Waals surface area contributed by atoms with Gasteiger partial charge in [-0.1, -0.05) is 23.7 Å². The van der Waals surface area contributed by atoms with E-state index in [0.29, 0.717) is 10.6 Å². The predicted octanol–water partition coefficient (Wildman–Crippen LogP) is 2.29. The molecule has 3 nitrogen and oxygen atoms in total. The molecule has 0 radical (unpaired) electrons. The summed E-state index contributed by atoms with van der Waals surface area (Å²) in [5, 5.41) is 2.86. The molecule has 0 aliphatic rings. The smallest absolute Gasteiger partial charge is 0.287 e. The Balaban J connectivity index is 2.54. The number of rotatable bonds is 1. The lowest BCUT2D eigenvalue weighted by atomic mass is 10.1. The fraction of sp³-hybridized carbons (Fsp3) is 0. The van der Waals surface area contributed by atoms with Crippen LogP contribution in [-0.2, 0) is 0 Å². The largest absolute Gasteiger partial charge is 0.386 e. The molecule has 0 unspecified atom stereocenters. The Morgan fingerprint density at radius 1 is 1.23 bits per heavy atom. The maximum Gasteiger partial charge on any atom is 0.287 e. The molecule has 0 aliphatic heterocycles. The molecule has 0 amide bonds. The molecule has 0 fully saturated rings. The first kappa shape index (κ1) is 8.13. The van der Waals surface area contributed by atoms with Gasteiger partial charge >= 0.3 is 0 Å². The van der Waals surface area contributed by atoms with Gasteiger partial charge in [0.1, 0.15) is 6.26 Å². The molecule has 2 aromatic rings. The standard InChI is InChI=1S/C9H6ClNO2/c10-7-3-1-6(2-4-7)8-5-13-11-9(8)12/h1-5H,(H,11,12). The zero-order chi connectivity index (χ0) is 9.26. The van der Waals surface area contributed by atoms with Crippen molar-refractivity contribution in [3.8, 4) is 11.1 Å². The van der Waals surface area contributed by atoms with Gasteiger partial charge in [0, 0.05) is 5.02 Å². The summed E-state index contributed by atoms with van der Waals surface area (Å²) in [7, 11) is 0. The lowest BCUT2D eigenvalue weighted by Gasteiger charge is -1.93. The second kappa shape index (κ2) is 3.11. The summed E-state index contributed by atoms with van der Waals surface area (Å²) in [6.45, 7) is 0. The number of hydrogen-bond donors (Lipinski definition) is 1. The van der Waals surface area contributed by atoms with Crippen LogP contribution in [0.25, 0.3) is 11.1 Å². The minimum absolute atomic E-state index is 0.234. The van der Waals surface area contributed by atoms with E-state index in [1.807, 2.05) is 0 Å². The first-order chi connectivity index (χ1) is 6.27. The zero-order valence-electron chi connectivity index (χ0n) is 6.58. The van der Waals surface area contributed by atoms with E-state index >= 15 is 0 Å². The normalized spacial score (nSPS) is 10.2. The molecule has 4 heteroatoms. The highest BCUT2D eigenvalue weighted by Gasteiger charge is 2.03. The Labute approximate surface area is 78.9 Å². The van der Waals surface area contributed by atoms with Gasteiger partial charge in [0.15, 0.2) is 0 Å². The first-order valence-corrected chi connectivity index (χ1v) is 4.07. The Kier molecular flexibility index (Phi) is 1.94. The second-order valence-electron chi connectivity index (χ2n) is 2.59. The summed E-state index contributed by atoms with van der Waals surface area (Å²) in [5.41, 5.74) is 1.07. The third-order valence-electron chi connectivity index (χ3n) is 1.73. The van der Waals surface area contributed by atoms with Crippen molar-refractivity contribution >= 4 is 11.6 Å². The molecule has 0 aliphatic carbocycles. The highest BCUT2D eigenvalue weighted by atomic mass is 35.5. The van der Waals surface area contributed by atoms with Crippen LogP contribution in [0.1, 0.15) is 0 Å². The molecular formula is C9H6ClNO2. The number of hydrogen-bond acceptors (Lipinski definition) is 2. The number of H-pyrrole nitrogens is 1. The van der Waals surface area contributed by atoms with E-state index in [4.69, 9.17) is 11.6 Å². The summed E-state index contributed by atoms with van der Waals surface area (Å²) in [6, 6.07) is 6.98. The third kappa shape index (κ3) is 1.51. The van der Waals surface area contributed by atoms with Gasteiger partial charge in [-0.2, -0.15) is 5.16 Å². The number of aromatic amines is 1. The maximum absolute atomic E-state index is 11.1. The summed E-state index contributed by atoms with van der Waals surface area (Å²) in [6.07, 6.45) is 1.38. The summed E-state index contributed by atoms with van der Waals surface area (Å²) >= 11 is 5.70. The number of aromatic nitrogens is 1. The van der Waals surface area contributed by atoms with Gasteiger partial charge in [0.05, 0.1) is 5.56 Å². The molecule has 13 heavy (non-hydrogen) atoms. The minimum atomic E-state index is -0.234. The molecule has 1 aromatic carbocycles. The maximum atomic E-state index is 11.1. The number of benzene rings is 1. The van der Waals surface area contributed by atoms with Gasteiger partial charge < -0.3 is 4.52 Å². The molecule has 0 bridgehead atoms. The molecule has 66 valence electrons. The molecule has 0 saturated heterocycles. The van der Waals surface area contributed by atoms with Crippen molar-refractivity contribution in [2.75, 3.05) is 0 Å². The van der Waals surface area contributed by atoms with Crippen molar-refractivity contribution in [3.05, 3.63) is 45.9 Å². The van der Waals surface area contributed by atoms with Crippen LogP contribution < -0.4 is 5.56 Å². The predicted molar refractivity (Wildman–Crippen MR) is 49.8 cm³/mol. The lowest BCUT2D eigenvalue weighted by molar-refractivity contribution is 0.414. The SMILES string of the molecule is O=c1[nH]occ1-c1ccc(Cl)cc1. The molecule has 1 aromatic heterocycles. The van der Waals surface area contributed by atoms with Gasteiger partial charge in [0.25, 0.3) is 5.56 Å². The van der Waals surface area contributed by atoms with Crippen LogP contribution in [0.2, 0.25) is 5.02 Å². The summed E-state index contributed by atoms with van der Waals surface area (Å²) in [4.78, 5) is 11.1. The molecule has 0 saturated carbocycles. The van der Waals surface area contributed by atoms with Crippen LogP contribution in [-0.4, -0.2) is 5.16 Å². The summed E-state index contributed by atoms with van der Waals surface area (Å²) in [5.74, 6) is 0. The van der Waals surface area contributed by atoms with Crippen LogP contribution in [0, 0.1) is 0 Å². The van der Waals surface area contributed by atoms with Crippen LogP contribution in [0.3, 0.4) is 0 Å². The second-order valence-corrected chi connectivity index (χ2v) is 3.02. The molecule has 2 rings (SSSR count). The Hall–Kier alpha value is -1.48. The van der Waals surface area contributed by atoms with Crippen LogP contribution in [0.5, 0.6) is 0 Å². The monoisotopic (exact) mass is 195 g/mol. The Morgan fingerprint density at radius 2 is 1.92 bits per heavy atom. The van der Waals surface area contributed by atoms with E-state index in [0.717, 1.165) is 5.56 Å².